The van der Waals surface area contributed by atoms with Crippen LogP contribution in [-0.2, 0) is 28.5 Å². The zero-order valence-electron chi connectivity index (χ0n) is 20.9. The SMILES string of the molecule is CC(=O)O[C@@H]1[C@H]2[C@@H](O)[C@]3(OC2(C)C)[C@](C)([C@H](OC(C)=O)CC[C@]3(C)O)[C@H]1OC(=O)c1ccccc1. The van der Waals surface area contributed by atoms with Crippen molar-refractivity contribution in [1.29, 1.82) is 0 Å². The number of fused-ring (bicyclic) bond motifs is 1. The molecule has 3 fully saturated rings. The monoisotopic (exact) mass is 490 g/mol. The highest BCUT2D eigenvalue weighted by atomic mass is 16.6. The zero-order valence-corrected chi connectivity index (χ0v) is 20.9. The molecule has 0 unspecified atom stereocenters. The van der Waals surface area contributed by atoms with Crippen LogP contribution in [0.15, 0.2) is 30.3 Å². The molecule has 0 aromatic heterocycles. The maximum atomic E-state index is 13.3. The summed E-state index contributed by atoms with van der Waals surface area (Å²) < 4.78 is 24.1. The van der Waals surface area contributed by atoms with E-state index in [1.165, 1.54) is 13.8 Å². The quantitative estimate of drug-likeness (QED) is 0.482. The van der Waals surface area contributed by atoms with Crippen LogP contribution >= 0.6 is 0 Å². The third kappa shape index (κ3) is 3.58. The van der Waals surface area contributed by atoms with Gasteiger partial charge in [0.25, 0.3) is 0 Å². The van der Waals surface area contributed by atoms with Crippen LogP contribution in [0.2, 0.25) is 0 Å². The van der Waals surface area contributed by atoms with Gasteiger partial charge in [0.2, 0.25) is 0 Å². The predicted octanol–water partition coefficient (Wildman–Crippen LogP) is 2.16. The minimum Gasteiger partial charge on any atom is -0.462 e. The van der Waals surface area contributed by atoms with Crippen LogP contribution in [0.5, 0.6) is 0 Å². The summed E-state index contributed by atoms with van der Waals surface area (Å²) in [6, 6.07) is 8.33. The van der Waals surface area contributed by atoms with Crippen molar-refractivity contribution in [3.05, 3.63) is 35.9 Å². The van der Waals surface area contributed by atoms with Gasteiger partial charge >= 0.3 is 17.9 Å². The number of esters is 3. The zero-order chi connectivity index (χ0) is 26.0. The number of rotatable bonds is 4. The van der Waals surface area contributed by atoms with Crippen molar-refractivity contribution in [2.45, 2.75) is 95.6 Å². The molecular formula is C26H34O9. The molecule has 4 rings (SSSR count). The highest BCUT2D eigenvalue weighted by Crippen LogP contribution is 2.68. The smallest absolute Gasteiger partial charge is 0.338 e. The van der Waals surface area contributed by atoms with Gasteiger partial charge in [-0.3, -0.25) is 9.59 Å². The first-order valence-corrected chi connectivity index (χ1v) is 11.9. The molecule has 1 heterocycles. The third-order valence-corrected chi connectivity index (χ3v) is 8.24. The van der Waals surface area contributed by atoms with Crippen LogP contribution in [0.3, 0.4) is 0 Å². The van der Waals surface area contributed by atoms with Gasteiger partial charge < -0.3 is 29.2 Å². The fourth-order valence-electron chi connectivity index (χ4n) is 6.91. The van der Waals surface area contributed by atoms with E-state index in [1.807, 2.05) is 0 Å². The topological polar surface area (TPSA) is 129 Å². The van der Waals surface area contributed by atoms with Crippen molar-refractivity contribution in [3.8, 4) is 0 Å². The molecule has 1 aromatic carbocycles. The van der Waals surface area contributed by atoms with Gasteiger partial charge in [-0.25, -0.2) is 4.79 Å². The number of aliphatic hydroxyl groups excluding tert-OH is 1. The Kier molecular flexibility index (Phi) is 6.06. The Morgan fingerprint density at radius 2 is 1.57 bits per heavy atom. The van der Waals surface area contributed by atoms with E-state index in [1.54, 1.807) is 58.0 Å². The summed E-state index contributed by atoms with van der Waals surface area (Å²) in [4.78, 5) is 37.7. The predicted molar refractivity (Wildman–Crippen MR) is 122 cm³/mol. The largest absolute Gasteiger partial charge is 0.462 e. The van der Waals surface area contributed by atoms with Gasteiger partial charge in [0.05, 0.1) is 34.2 Å². The Balaban J connectivity index is 1.95. The second kappa shape index (κ2) is 8.28. The Morgan fingerprint density at radius 1 is 0.971 bits per heavy atom. The summed E-state index contributed by atoms with van der Waals surface area (Å²) in [7, 11) is 0. The summed E-state index contributed by atoms with van der Waals surface area (Å²) in [6.07, 6.45) is -4.16. The van der Waals surface area contributed by atoms with Gasteiger partial charge in [0, 0.05) is 13.8 Å². The number of hydrogen-bond donors (Lipinski definition) is 2. The average Bonchev–Trinajstić information content (AvgIpc) is 2.94. The Hall–Kier alpha value is -2.49. The van der Waals surface area contributed by atoms with Crippen molar-refractivity contribution in [2.75, 3.05) is 0 Å². The number of benzene rings is 1. The molecule has 8 atom stereocenters. The number of ether oxygens (including phenoxy) is 4. The number of carbonyl (C=O) groups excluding carboxylic acids is 3. The highest BCUT2D eigenvalue weighted by Gasteiger charge is 2.84. The summed E-state index contributed by atoms with van der Waals surface area (Å²) in [5, 5.41) is 23.5. The lowest BCUT2D eigenvalue weighted by Crippen LogP contribution is -2.81. The molecule has 0 amide bonds. The van der Waals surface area contributed by atoms with Crippen LogP contribution in [0.25, 0.3) is 0 Å². The second-order valence-corrected chi connectivity index (χ2v) is 10.9. The summed E-state index contributed by atoms with van der Waals surface area (Å²) in [5.41, 5.74) is -5.56. The van der Waals surface area contributed by atoms with Gasteiger partial charge in [0.1, 0.15) is 17.8 Å². The van der Waals surface area contributed by atoms with E-state index in [0.29, 0.717) is 0 Å². The lowest BCUT2D eigenvalue weighted by atomic mass is 9.47. The molecule has 3 aliphatic rings. The lowest BCUT2D eigenvalue weighted by Gasteiger charge is -2.64. The second-order valence-electron chi connectivity index (χ2n) is 10.9. The molecule has 2 aliphatic carbocycles. The maximum Gasteiger partial charge on any atom is 0.338 e. The molecule has 1 aliphatic heterocycles. The molecule has 0 radical (unpaired) electrons. The minimum atomic E-state index is -1.69. The van der Waals surface area contributed by atoms with Gasteiger partial charge in [-0.15, -0.1) is 0 Å². The molecule has 192 valence electrons. The first kappa shape index (κ1) is 25.6. The molecule has 35 heavy (non-hydrogen) atoms. The highest BCUT2D eigenvalue weighted by molar-refractivity contribution is 5.89. The third-order valence-electron chi connectivity index (χ3n) is 8.24. The average molecular weight is 491 g/mol. The maximum absolute atomic E-state index is 13.3. The van der Waals surface area contributed by atoms with E-state index in [4.69, 9.17) is 18.9 Å². The van der Waals surface area contributed by atoms with E-state index in [2.05, 4.69) is 0 Å². The van der Waals surface area contributed by atoms with Crippen molar-refractivity contribution in [1.82, 2.24) is 0 Å². The first-order chi connectivity index (χ1) is 16.2. The molecule has 9 nitrogen and oxygen atoms in total. The minimum absolute atomic E-state index is 0.165. The number of carbonyl (C=O) groups is 3. The van der Waals surface area contributed by atoms with E-state index >= 15 is 0 Å². The molecule has 1 spiro atoms. The van der Waals surface area contributed by atoms with Crippen molar-refractivity contribution < 1.29 is 43.5 Å². The Morgan fingerprint density at radius 3 is 2.14 bits per heavy atom. The molecule has 1 aromatic rings. The van der Waals surface area contributed by atoms with Crippen LogP contribution in [0.1, 0.15) is 64.7 Å². The Bertz CT molecular complexity index is 1020. The molecule has 1 saturated heterocycles. The van der Waals surface area contributed by atoms with Gasteiger partial charge in [-0.1, -0.05) is 18.2 Å². The van der Waals surface area contributed by atoms with E-state index in [9.17, 15) is 24.6 Å². The fraction of sp³-hybridized carbons (Fsp3) is 0.654. The van der Waals surface area contributed by atoms with E-state index in [0.717, 1.165) is 0 Å². The molecule has 2 saturated carbocycles. The standard InChI is InChI=1S/C26H34O9/c1-14(27)32-17-12-13-24(5,31)26-20(29)18(23(3,4)35-26)19(33-15(2)28)21(25(17,26)6)34-22(30)16-10-8-7-9-11-16/h7-11,17-21,29,31H,12-13H2,1-6H3/t17-,18+,19-,20-,21+,24+,25-,26-/m1/s1. The first-order valence-electron chi connectivity index (χ1n) is 11.9. The van der Waals surface area contributed by atoms with Crippen LogP contribution in [0, 0.1) is 11.3 Å². The summed E-state index contributed by atoms with van der Waals surface area (Å²) >= 11 is 0. The summed E-state index contributed by atoms with van der Waals surface area (Å²) in [6.45, 7) is 9.20. The molecular weight excluding hydrogens is 456 g/mol. The number of hydrogen-bond acceptors (Lipinski definition) is 9. The van der Waals surface area contributed by atoms with E-state index < -0.39 is 70.5 Å². The van der Waals surface area contributed by atoms with Crippen LogP contribution in [-0.4, -0.2) is 69.3 Å². The van der Waals surface area contributed by atoms with Gasteiger partial charge in [0.15, 0.2) is 6.10 Å². The van der Waals surface area contributed by atoms with Gasteiger partial charge in [-0.2, -0.15) is 0 Å². The molecule has 2 N–H and O–H groups in total. The summed E-state index contributed by atoms with van der Waals surface area (Å²) in [5.74, 6) is -2.72. The van der Waals surface area contributed by atoms with Crippen LogP contribution in [0.4, 0.5) is 0 Å². The van der Waals surface area contributed by atoms with Crippen molar-refractivity contribution >= 4 is 17.9 Å². The Labute approximate surface area is 204 Å². The van der Waals surface area contributed by atoms with Gasteiger partial charge in [-0.05, 0) is 52.7 Å². The fourth-order valence-corrected chi connectivity index (χ4v) is 6.91. The molecule has 2 bridgehead atoms. The normalized spacial score (nSPS) is 41.4. The number of aliphatic hydroxyl groups is 2. The van der Waals surface area contributed by atoms with E-state index in [-0.39, 0.29) is 18.4 Å². The van der Waals surface area contributed by atoms with Crippen LogP contribution < -0.4 is 0 Å². The van der Waals surface area contributed by atoms with Crippen molar-refractivity contribution in [2.24, 2.45) is 11.3 Å². The van der Waals surface area contributed by atoms with Crippen molar-refractivity contribution in [3.63, 3.8) is 0 Å². The lowest BCUT2D eigenvalue weighted by molar-refractivity contribution is -0.335. The molecule has 9 heteroatoms.